The Morgan fingerprint density at radius 3 is 2.29 bits per heavy atom. The SMILES string of the molecule is O=S(=O)(O)CCCN1C(=Cc2sc3ccc4c5ccccc5ccc4c3[n+]2CCCS(=O)(=O)O)Sc2ccc(C(F)(F)F)cc21. The number of aromatic nitrogens is 1. The van der Waals surface area contributed by atoms with Gasteiger partial charge in [0.15, 0.2) is 6.54 Å². The van der Waals surface area contributed by atoms with E-state index in [4.69, 9.17) is 0 Å². The van der Waals surface area contributed by atoms with E-state index in [0.29, 0.717) is 14.9 Å². The fourth-order valence-electron chi connectivity index (χ4n) is 5.55. The second-order valence-electron chi connectivity index (χ2n) is 10.6. The maximum atomic E-state index is 13.6. The molecule has 1 aliphatic rings. The minimum atomic E-state index is -4.58. The first kappa shape index (κ1) is 31.8. The Morgan fingerprint density at radius 1 is 0.844 bits per heavy atom. The Labute approximate surface area is 265 Å². The van der Waals surface area contributed by atoms with Crippen LogP contribution >= 0.6 is 23.1 Å². The van der Waals surface area contributed by atoms with E-state index in [2.05, 4.69) is 0 Å². The molecule has 2 N–H and O–H groups in total. The molecule has 0 saturated carbocycles. The molecule has 45 heavy (non-hydrogen) atoms. The number of benzene rings is 4. The summed E-state index contributed by atoms with van der Waals surface area (Å²) in [5.41, 5.74) is 0.277. The summed E-state index contributed by atoms with van der Waals surface area (Å²) in [5.74, 6) is -1.02. The summed E-state index contributed by atoms with van der Waals surface area (Å²) in [5, 5.41) is 5.26. The number of nitrogens with zero attached hydrogens (tertiary/aromatic N) is 2. The molecule has 0 unspecified atom stereocenters. The van der Waals surface area contributed by atoms with E-state index < -0.39 is 43.5 Å². The zero-order valence-corrected chi connectivity index (χ0v) is 26.6. The molecular formula is C30H26F3N2O6S4+. The van der Waals surface area contributed by atoms with E-state index in [0.717, 1.165) is 43.9 Å². The summed E-state index contributed by atoms with van der Waals surface area (Å²) in [7, 11) is -8.51. The lowest BCUT2D eigenvalue weighted by atomic mass is 10.0. The zero-order valence-electron chi connectivity index (χ0n) is 23.4. The number of thiazole rings is 1. The molecule has 236 valence electrons. The molecule has 0 aliphatic carbocycles. The lowest BCUT2D eigenvalue weighted by molar-refractivity contribution is -0.667. The molecule has 0 spiro atoms. The second-order valence-corrected chi connectivity index (χ2v) is 15.9. The molecule has 0 saturated heterocycles. The minimum absolute atomic E-state index is 0.0233. The molecule has 8 nitrogen and oxygen atoms in total. The van der Waals surface area contributed by atoms with Gasteiger partial charge in [-0.05, 0) is 52.9 Å². The van der Waals surface area contributed by atoms with Crippen LogP contribution in [0.4, 0.5) is 18.9 Å². The number of rotatable bonds is 9. The monoisotopic (exact) mass is 695 g/mol. The molecule has 0 atom stereocenters. The van der Waals surface area contributed by atoms with Crippen LogP contribution in [0.2, 0.25) is 0 Å². The van der Waals surface area contributed by atoms with Crippen LogP contribution in [0.5, 0.6) is 0 Å². The number of aryl methyl sites for hydroxylation is 1. The first-order valence-electron chi connectivity index (χ1n) is 13.7. The summed E-state index contributed by atoms with van der Waals surface area (Å²) < 4.78 is 108. The Bertz CT molecular complexity index is 2210. The molecule has 5 aromatic rings. The number of anilines is 1. The van der Waals surface area contributed by atoms with Crippen LogP contribution < -0.4 is 9.47 Å². The largest absolute Gasteiger partial charge is 0.416 e. The molecule has 1 aromatic heterocycles. The Balaban J connectivity index is 1.50. The van der Waals surface area contributed by atoms with Crippen molar-refractivity contribution in [1.82, 2.24) is 0 Å². The summed E-state index contributed by atoms with van der Waals surface area (Å²) in [6.07, 6.45) is -2.71. The van der Waals surface area contributed by atoms with Gasteiger partial charge in [-0.2, -0.15) is 34.6 Å². The van der Waals surface area contributed by atoms with E-state index >= 15 is 0 Å². The van der Waals surface area contributed by atoms with Crippen molar-refractivity contribution in [3.63, 3.8) is 0 Å². The van der Waals surface area contributed by atoms with Gasteiger partial charge in [-0.15, -0.1) is 0 Å². The summed E-state index contributed by atoms with van der Waals surface area (Å²) in [6.45, 7) is 0.249. The molecule has 4 aromatic carbocycles. The van der Waals surface area contributed by atoms with Crippen molar-refractivity contribution in [3.05, 3.63) is 82.3 Å². The number of hydrogen-bond acceptors (Lipinski definition) is 7. The fourth-order valence-corrected chi connectivity index (χ4v) is 8.86. The number of fused-ring (bicyclic) bond motifs is 6. The van der Waals surface area contributed by atoms with Crippen molar-refractivity contribution in [2.45, 2.75) is 30.5 Å². The number of halogens is 3. The topological polar surface area (TPSA) is 116 Å². The average molecular weight is 696 g/mol. The Kier molecular flexibility index (Phi) is 8.37. The van der Waals surface area contributed by atoms with E-state index in [1.165, 1.54) is 29.2 Å². The van der Waals surface area contributed by atoms with Gasteiger partial charge in [-0.25, -0.2) is 0 Å². The van der Waals surface area contributed by atoms with Gasteiger partial charge in [0.05, 0.1) is 39.2 Å². The molecule has 0 radical (unpaired) electrons. The summed E-state index contributed by atoms with van der Waals surface area (Å²) in [4.78, 5) is 2.16. The van der Waals surface area contributed by atoms with E-state index in [-0.39, 0.29) is 31.6 Å². The van der Waals surface area contributed by atoms with E-state index in [9.17, 15) is 39.1 Å². The van der Waals surface area contributed by atoms with Gasteiger partial charge in [0, 0.05) is 17.9 Å². The molecule has 0 amide bonds. The van der Waals surface area contributed by atoms with E-state index in [1.807, 2.05) is 53.1 Å². The van der Waals surface area contributed by atoms with Crippen molar-refractivity contribution in [1.29, 1.82) is 0 Å². The first-order valence-corrected chi connectivity index (χ1v) is 18.6. The highest BCUT2D eigenvalue weighted by Gasteiger charge is 2.35. The highest BCUT2D eigenvalue weighted by atomic mass is 32.2. The maximum Gasteiger partial charge on any atom is 0.416 e. The second kappa shape index (κ2) is 11.9. The van der Waals surface area contributed by atoms with Crippen molar-refractivity contribution in [3.8, 4) is 0 Å². The number of alkyl halides is 3. The van der Waals surface area contributed by atoms with E-state index in [1.54, 1.807) is 11.0 Å². The highest BCUT2D eigenvalue weighted by molar-refractivity contribution is 8.04. The molecule has 0 fully saturated rings. The smallest absolute Gasteiger partial charge is 0.335 e. The van der Waals surface area contributed by atoms with Gasteiger partial charge < -0.3 is 4.90 Å². The Hall–Kier alpha value is -3.21. The van der Waals surface area contributed by atoms with Crippen LogP contribution in [0.1, 0.15) is 23.4 Å². The van der Waals surface area contributed by atoms with Crippen LogP contribution in [0.15, 0.2) is 76.7 Å². The lowest BCUT2D eigenvalue weighted by Gasteiger charge is -2.20. The third-order valence-corrected chi connectivity index (χ3v) is 11.3. The third kappa shape index (κ3) is 6.83. The minimum Gasteiger partial charge on any atom is -0.335 e. The quantitative estimate of drug-likeness (QED) is 0.0965. The number of hydrogen-bond donors (Lipinski definition) is 2. The lowest BCUT2D eigenvalue weighted by Crippen LogP contribution is -2.36. The highest BCUT2D eigenvalue weighted by Crippen LogP contribution is 2.49. The van der Waals surface area contributed by atoms with Crippen LogP contribution in [0.3, 0.4) is 0 Å². The van der Waals surface area contributed by atoms with Gasteiger partial charge in [0.25, 0.3) is 25.2 Å². The van der Waals surface area contributed by atoms with Gasteiger partial charge >= 0.3 is 6.18 Å². The zero-order chi connectivity index (χ0) is 32.1. The standard InChI is InChI=1S/C30H25F3N2O6S4/c31-30(32,33)20-8-11-25-24(17-20)34(13-3-15-44(36,37)38)27(42-25)18-28-35(14-4-16-45(39,40)41)29-23-9-7-19-5-1-2-6-21(19)22(23)10-12-26(29)43-28/h1-2,5-12,17-18H,3-4,13-16H2,(H-,36,37,38,39,40,41)/p+1. The van der Waals surface area contributed by atoms with Crippen molar-refractivity contribution in [2.75, 3.05) is 23.0 Å². The molecular weight excluding hydrogens is 670 g/mol. The van der Waals surface area contributed by atoms with Gasteiger partial charge in [0.1, 0.15) is 4.70 Å². The Morgan fingerprint density at radius 2 is 1.56 bits per heavy atom. The third-order valence-electron chi connectivity index (χ3n) is 7.48. The fraction of sp³-hybridized carbons (Fsp3) is 0.233. The molecule has 2 heterocycles. The van der Waals surface area contributed by atoms with Crippen LogP contribution in [-0.2, 0) is 33.0 Å². The van der Waals surface area contributed by atoms with Gasteiger partial charge in [-0.1, -0.05) is 59.5 Å². The van der Waals surface area contributed by atoms with Gasteiger partial charge in [0.2, 0.25) is 5.52 Å². The van der Waals surface area contributed by atoms with Crippen molar-refractivity contribution >= 4 is 86.9 Å². The molecule has 1 aliphatic heterocycles. The van der Waals surface area contributed by atoms with Crippen LogP contribution in [0.25, 0.3) is 37.8 Å². The maximum absolute atomic E-state index is 13.6. The molecule has 15 heteroatoms. The normalized spacial score (nSPS) is 15.1. The number of thioether (sulfide) groups is 1. The molecule has 0 bridgehead atoms. The predicted octanol–water partition coefficient (Wildman–Crippen LogP) is 6.98. The van der Waals surface area contributed by atoms with Crippen molar-refractivity contribution in [2.24, 2.45) is 0 Å². The van der Waals surface area contributed by atoms with Crippen LogP contribution in [0, 0.1) is 0 Å². The predicted molar refractivity (Wildman–Crippen MR) is 172 cm³/mol. The average Bonchev–Trinajstić information content (AvgIpc) is 3.48. The summed E-state index contributed by atoms with van der Waals surface area (Å²) in [6, 6.07) is 19.4. The van der Waals surface area contributed by atoms with Gasteiger partial charge in [-0.3, -0.25) is 9.11 Å². The van der Waals surface area contributed by atoms with Crippen LogP contribution in [-0.4, -0.2) is 44.0 Å². The first-order chi connectivity index (χ1) is 21.2. The molecule has 6 rings (SSSR count). The van der Waals surface area contributed by atoms with Crippen molar-refractivity contribution < 1.29 is 43.7 Å². The summed E-state index contributed by atoms with van der Waals surface area (Å²) >= 11 is 2.66.